The van der Waals surface area contributed by atoms with E-state index in [9.17, 15) is 0 Å². The Labute approximate surface area is 76.3 Å². The first kappa shape index (κ1) is 8.19. The molecule has 0 fully saturated rings. The summed E-state index contributed by atoms with van der Waals surface area (Å²) in [6, 6.07) is 3.54. The molecule has 0 atom stereocenters. The van der Waals surface area contributed by atoms with Crippen molar-refractivity contribution in [2.24, 2.45) is 0 Å². The molecule has 0 aromatic heterocycles. The van der Waals surface area contributed by atoms with Gasteiger partial charge in [-0.15, -0.1) is 0 Å². The van der Waals surface area contributed by atoms with Crippen LogP contribution in [-0.2, 0) is 6.61 Å². The maximum absolute atomic E-state index is 9.05. The average Bonchev–Trinajstić information content (AvgIpc) is 2.16. The van der Waals surface area contributed by atoms with Crippen LogP contribution in [0.5, 0.6) is 5.75 Å². The number of nitrogens with one attached hydrogen (secondary N) is 1. The SMILES string of the molecule is Nc1cc(CO)c2c(c1)NCCO2. The molecule has 0 spiro atoms. The number of ether oxygens (including phenoxy) is 1. The summed E-state index contributed by atoms with van der Waals surface area (Å²) in [4.78, 5) is 0. The second kappa shape index (κ2) is 3.14. The van der Waals surface area contributed by atoms with Crippen molar-refractivity contribution in [1.29, 1.82) is 0 Å². The lowest BCUT2D eigenvalue weighted by atomic mass is 10.1. The zero-order valence-electron chi connectivity index (χ0n) is 7.21. The number of nitrogens with two attached hydrogens (primary N) is 1. The van der Waals surface area contributed by atoms with E-state index in [1.54, 1.807) is 6.07 Å². The number of nitrogen functional groups attached to an aromatic ring is 1. The number of aliphatic hydroxyl groups excluding tert-OH is 1. The molecule has 70 valence electrons. The first-order chi connectivity index (χ1) is 6.31. The Balaban J connectivity index is 2.50. The fourth-order valence-electron chi connectivity index (χ4n) is 1.47. The van der Waals surface area contributed by atoms with Gasteiger partial charge in [-0.1, -0.05) is 0 Å². The molecule has 1 heterocycles. The van der Waals surface area contributed by atoms with E-state index in [0.717, 1.165) is 23.5 Å². The van der Waals surface area contributed by atoms with E-state index in [0.29, 0.717) is 12.3 Å². The zero-order valence-corrected chi connectivity index (χ0v) is 7.21. The normalized spacial score (nSPS) is 14.2. The molecule has 0 saturated carbocycles. The summed E-state index contributed by atoms with van der Waals surface area (Å²) < 4.78 is 5.42. The number of hydrogen-bond donors (Lipinski definition) is 3. The lowest BCUT2D eigenvalue weighted by Crippen LogP contribution is -2.19. The molecule has 1 aromatic carbocycles. The van der Waals surface area contributed by atoms with Gasteiger partial charge in [-0.25, -0.2) is 0 Å². The largest absolute Gasteiger partial charge is 0.489 e. The van der Waals surface area contributed by atoms with Crippen LogP contribution in [0, 0.1) is 0 Å². The molecule has 0 radical (unpaired) electrons. The average molecular weight is 180 g/mol. The Morgan fingerprint density at radius 2 is 2.38 bits per heavy atom. The van der Waals surface area contributed by atoms with Crippen molar-refractivity contribution in [1.82, 2.24) is 0 Å². The summed E-state index contributed by atoms with van der Waals surface area (Å²) in [5.41, 5.74) is 7.90. The van der Waals surface area contributed by atoms with Crippen LogP contribution in [-0.4, -0.2) is 18.3 Å². The molecule has 1 aliphatic heterocycles. The summed E-state index contributed by atoms with van der Waals surface area (Å²) >= 11 is 0. The molecule has 2 rings (SSSR count). The fourth-order valence-corrected chi connectivity index (χ4v) is 1.47. The molecular formula is C9H12N2O2. The second-order valence-electron chi connectivity index (χ2n) is 2.99. The topological polar surface area (TPSA) is 67.5 Å². The van der Waals surface area contributed by atoms with E-state index in [-0.39, 0.29) is 6.61 Å². The van der Waals surface area contributed by atoms with E-state index < -0.39 is 0 Å². The summed E-state index contributed by atoms with van der Waals surface area (Å²) in [7, 11) is 0. The van der Waals surface area contributed by atoms with Crippen molar-refractivity contribution < 1.29 is 9.84 Å². The van der Waals surface area contributed by atoms with Crippen LogP contribution in [0.1, 0.15) is 5.56 Å². The smallest absolute Gasteiger partial charge is 0.148 e. The van der Waals surface area contributed by atoms with Crippen LogP contribution in [0.15, 0.2) is 12.1 Å². The second-order valence-corrected chi connectivity index (χ2v) is 2.99. The molecule has 4 N–H and O–H groups in total. The zero-order chi connectivity index (χ0) is 9.26. The first-order valence-electron chi connectivity index (χ1n) is 4.21. The van der Waals surface area contributed by atoms with Crippen LogP contribution >= 0.6 is 0 Å². The number of anilines is 2. The highest BCUT2D eigenvalue weighted by molar-refractivity contribution is 5.67. The van der Waals surface area contributed by atoms with Crippen LogP contribution in [0.4, 0.5) is 11.4 Å². The van der Waals surface area contributed by atoms with Crippen LogP contribution in [0.25, 0.3) is 0 Å². The summed E-state index contributed by atoms with van der Waals surface area (Å²) in [5, 5.41) is 12.2. The molecule has 1 aliphatic rings. The molecule has 0 bridgehead atoms. The third kappa shape index (κ3) is 1.40. The number of rotatable bonds is 1. The minimum atomic E-state index is -0.0466. The van der Waals surface area contributed by atoms with Crippen molar-refractivity contribution in [3.8, 4) is 5.75 Å². The highest BCUT2D eigenvalue weighted by Crippen LogP contribution is 2.33. The molecule has 0 aliphatic carbocycles. The highest BCUT2D eigenvalue weighted by atomic mass is 16.5. The Kier molecular flexibility index (Phi) is 1.98. The third-order valence-electron chi connectivity index (χ3n) is 2.02. The van der Waals surface area contributed by atoms with Gasteiger partial charge < -0.3 is 20.9 Å². The van der Waals surface area contributed by atoms with Gasteiger partial charge in [0.25, 0.3) is 0 Å². The summed E-state index contributed by atoms with van der Waals surface area (Å²) in [5.74, 6) is 0.725. The minimum absolute atomic E-state index is 0.0466. The van der Waals surface area contributed by atoms with Crippen LogP contribution in [0.3, 0.4) is 0 Å². The molecular weight excluding hydrogens is 168 g/mol. The first-order valence-corrected chi connectivity index (χ1v) is 4.21. The van der Waals surface area contributed by atoms with Gasteiger partial charge in [0.2, 0.25) is 0 Å². The van der Waals surface area contributed by atoms with Crippen molar-refractivity contribution in [2.75, 3.05) is 24.2 Å². The Bertz CT molecular complexity index is 308. The standard InChI is InChI=1S/C9H12N2O2/c10-7-3-6(5-12)9-8(4-7)11-1-2-13-9/h3-4,11-12H,1-2,5,10H2. The number of benzene rings is 1. The van der Waals surface area contributed by atoms with Crippen molar-refractivity contribution in [3.63, 3.8) is 0 Å². The monoisotopic (exact) mass is 180 g/mol. The Morgan fingerprint density at radius 1 is 1.54 bits per heavy atom. The van der Waals surface area contributed by atoms with Gasteiger partial charge in [0.15, 0.2) is 0 Å². The van der Waals surface area contributed by atoms with Gasteiger partial charge in [0.05, 0.1) is 12.3 Å². The van der Waals surface area contributed by atoms with Crippen molar-refractivity contribution in [2.45, 2.75) is 6.61 Å². The fraction of sp³-hybridized carbons (Fsp3) is 0.333. The lowest BCUT2D eigenvalue weighted by molar-refractivity contribution is 0.264. The van der Waals surface area contributed by atoms with Gasteiger partial charge in [0.1, 0.15) is 12.4 Å². The lowest BCUT2D eigenvalue weighted by Gasteiger charge is -2.21. The van der Waals surface area contributed by atoms with E-state index in [1.165, 1.54) is 0 Å². The molecule has 0 saturated heterocycles. The summed E-state index contributed by atoms with van der Waals surface area (Å²) in [6.07, 6.45) is 0. The maximum Gasteiger partial charge on any atom is 0.148 e. The molecule has 0 unspecified atom stereocenters. The van der Waals surface area contributed by atoms with Gasteiger partial charge in [0, 0.05) is 17.8 Å². The molecule has 4 nitrogen and oxygen atoms in total. The minimum Gasteiger partial charge on any atom is -0.489 e. The van der Waals surface area contributed by atoms with E-state index in [1.807, 2.05) is 6.07 Å². The van der Waals surface area contributed by atoms with E-state index in [4.69, 9.17) is 15.6 Å². The highest BCUT2D eigenvalue weighted by Gasteiger charge is 2.14. The summed E-state index contributed by atoms with van der Waals surface area (Å²) in [6.45, 7) is 1.36. The van der Waals surface area contributed by atoms with Gasteiger partial charge >= 0.3 is 0 Å². The number of hydrogen-bond acceptors (Lipinski definition) is 4. The van der Waals surface area contributed by atoms with Gasteiger partial charge in [-0.2, -0.15) is 0 Å². The van der Waals surface area contributed by atoms with Gasteiger partial charge in [-0.05, 0) is 12.1 Å². The predicted octanol–water partition coefficient (Wildman–Crippen LogP) is 0.565. The maximum atomic E-state index is 9.05. The molecule has 13 heavy (non-hydrogen) atoms. The molecule has 4 heteroatoms. The van der Waals surface area contributed by atoms with Gasteiger partial charge in [-0.3, -0.25) is 0 Å². The number of aliphatic hydroxyl groups is 1. The predicted molar refractivity (Wildman–Crippen MR) is 50.8 cm³/mol. The Morgan fingerprint density at radius 3 is 3.15 bits per heavy atom. The van der Waals surface area contributed by atoms with Crippen LogP contribution < -0.4 is 15.8 Å². The third-order valence-corrected chi connectivity index (χ3v) is 2.02. The molecule has 0 amide bonds. The van der Waals surface area contributed by atoms with Crippen LogP contribution in [0.2, 0.25) is 0 Å². The quantitative estimate of drug-likeness (QED) is 0.552. The van der Waals surface area contributed by atoms with Crippen molar-refractivity contribution in [3.05, 3.63) is 17.7 Å². The molecule has 1 aromatic rings. The number of fused-ring (bicyclic) bond motifs is 1. The van der Waals surface area contributed by atoms with E-state index >= 15 is 0 Å². The van der Waals surface area contributed by atoms with Crippen molar-refractivity contribution >= 4 is 11.4 Å². The Hall–Kier alpha value is -1.42. The van der Waals surface area contributed by atoms with E-state index in [2.05, 4.69) is 5.32 Å².